The Morgan fingerprint density at radius 3 is 1.70 bits per heavy atom. The molecule has 5 heteroatoms. The van der Waals surface area contributed by atoms with Gasteiger partial charge in [0.1, 0.15) is 11.7 Å². The van der Waals surface area contributed by atoms with Gasteiger partial charge in [0, 0.05) is 12.8 Å². The third-order valence-electron chi connectivity index (χ3n) is 4.23. The third kappa shape index (κ3) is 2.68. The van der Waals surface area contributed by atoms with Crippen molar-refractivity contribution in [3.8, 4) is 0 Å². The number of hydrogen-bond donors (Lipinski definition) is 1. The lowest BCUT2D eigenvalue weighted by molar-refractivity contribution is 0.879. The fourth-order valence-corrected chi connectivity index (χ4v) is 3.07. The van der Waals surface area contributed by atoms with E-state index in [1.165, 1.54) is 11.1 Å². The largest absolute Gasteiger partial charge is 0.303 e. The Labute approximate surface area is 135 Å². The molecule has 4 aliphatic rings. The summed E-state index contributed by atoms with van der Waals surface area (Å²) in [6.07, 6.45) is 10.3. The van der Waals surface area contributed by atoms with Crippen LogP contribution in [0.4, 0.5) is 0 Å². The summed E-state index contributed by atoms with van der Waals surface area (Å²) in [6, 6.07) is 0. The molecule has 0 saturated carbocycles. The molecule has 0 saturated heterocycles. The molecule has 2 aliphatic heterocycles. The molecule has 0 spiro atoms. The second-order valence-electron chi connectivity index (χ2n) is 6.05. The second kappa shape index (κ2) is 5.66. The lowest BCUT2D eigenvalue weighted by atomic mass is 10.0. The minimum absolute atomic E-state index is 0.639. The number of fused-ring (bicyclic) bond motifs is 2. The van der Waals surface area contributed by atoms with Gasteiger partial charge in [-0.15, -0.1) is 0 Å². The minimum atomic E-state index is 0.639. The second-order valence-corrected chi connectivity index (χ2v) is 6.05. The summed E-state index contributed by atoms with van der Waals surface area (Å²) in [4.78, 5) is 18.5. The Hall–Kier alpha value is -2.40. The van der Waals surface area contributed by atoms with Gasteiger partial charge in [-0.25, -0.2) is 20.0 Å². The number of allylic oxidation sites excluding steroid dienone is 8. The molecule has 0 aromatic carbocycles. The van der Waals surface area contributed by atoms with Crippen LogP contribution < -0.4 is 5.32 Å². The van der Waals surface area contributed by atoms with Crippen LogP contribution in [0.1, 0.15) is 26.7 Å². The van der Waals surface area contributed by atoms with Crippen molar-refractivity contribution in [1.82, 2.24) is 5.32 Å². The molecule has 0 radical (unpaired) electrons. The first kappa shape index (κ1) is 14.2. The zero-order chi connectivity index (χ0) is 15.8. The van der Waals surface area contributed by atoms with Gasteiger partial charge in [-0.2, -0.15) is 0 Å². The summed E-state index contributed by atoms with van der Waals surface area (Å²) in [5, 5.41) is 3.36. The molecule has 0 atom stereocenters. The Balaban J connectivity index is 1.38. The molecule has 0 aromatic rings. The maximum atomic E-state index is 4.62. The summed E-state index contributed by atoms with van der Waals surface area (Å²) in [5.41, 5.74) is 6.63. The van der Waals surface area contributed by atoms with Gasteiger partial charge < -0.3 is 5.32 Å². The fraction of sp³-hybridized carbons (Fsp3) is 0.333. The third-order valence-corrected chi connectivity index (χ3v) is 4.23. The molecule has 0 aromatic heterocycles. The normalized spacial score (nSPS) is 22.0. The first-order valence-electron chi connectivity index (χ1n) is 7.97. The van der Waals surface area contributed by atoms with Crippen LogP contribution >= 0.6 is 0 Å². The maximum Gasteiger partial charge on any atom is 0.143 e. The predicted octanol–water partition coefficient (Wildman–Crippen LogP) is 2.75. The van der Waals surface area contributed by atoms with Crippen molar-refractivity contribution in [2.45, 2.75) is 26.7 Å². The van der Waals surface area contributed by atoms with Gasteiger partial charge >= 0.3 is 0 Å². The van der Waals surface area contributed by atoms with Gasteiger partial charge in [0.25, 0.3) is 0 Å². The zero-order valence-electron chi connectivity index (χ0n) is 13.4. The van der Waals surface area contributed by atoms with E-state index in [1.807, 2.05) is 0 Å². The lowest BCUT2D eigenvalue weighted by Crippen LogP contribution is -2.26. The Kier molecular flexibility index (Phi) is 3.50. The molecule has 4 rings (SSSR count). The monoisotopic (exact) mass is 305 g/mol. The van der Waals surface area contributed by atoms with Gasteiger partial charge in [0.15, 0.2) is 0 Å². The standard InChI is InChI=1S/C18H19N5/c1-11-5-3-7-13-17(11)22-15(20-13)9-19-10-16-21-14-8-4-6-12(2)18(14)23-16/h3-6,19H,7-10H2,1-2H3. The van der Waals surface area contributed by atoms with Gasteiger partial charge in [-0.05, 0) is 25.0 Å². The van der Waals surface area contributed by atoms with Crippen LogP contribution in [0.15, 0.2) is 66.8 Å². The van der Waals surface area contributed by atoms with Crippen molar-refractivity contribution in [2.75, 3.05) is 13.1 Å². The highest BCUT2D eigenvalue weighted by Crippen LogP contribution is 2.23. The summed E-state index contributed by atoms with van der Waals surface area (Å²) in [5.74, 6) is 1.69. The van der Waals surface area contributed by atoms with Crippen molar-refractivity contribution in [2.24, 2.45) is 20.0 Å². The first-order chi connectivity index (χ1) is 11.2. The molecule has 1 N–H and O–H groups in total. The number of amidine groups is 2. The van der Waals surface area contributed by atoms with Crippen LogP contribution in [0.25, 0.3) is 0 Å². The van der Waals surface area contributed by atoms with Gasteiger partial charge in [0.2, 0.25) is 0 Å². The topological polar surface area (TPSA) is 61.5 Å². The van der Waals surface area contributed by atoms with Crippen LogP contribution in [0.5, 0.6) is 0 Å². The number of hydrogen-bond acceptors (Lipinski definition) is 5. The predicted molar refractivity (Wildman–Crippen MR) is 95.5 cm³/mol. The Morgan fingerprint density at radius 1 is 0.783 bits per heavy atom. The molecule has 0 bridgehead atoms. The first-order valence-corrected chi connectivity index (χ1v) is 7.97. The molecular weight excluding hydrogens is 286 g/mol. The van der Waals surface area contributed by atoms with Crippen LogP contribution in [-0.4, -0.2) is 36.2 Å². The molecule has 2 aliphatic carbocycles. The molecule has 23 heavy (non-hydrogen) atoms. The van der Waals surface area contributed by atoms with E-state index in [2.05, 4.69) is 63.4 Å². The summed E-state index contributed by atoms with van der Waals surface area (Å²) >= 11 is 0. The minimum Gasteiger partial charge on any atom is -0.303 e. The smallest absolute Gasteiger partial charge is 0.143 e. The van der Waals surface area contributed by atoms with E-state index in [1.54, 1.807) is 0 Å². The van der Waals surface area contributed by atoms with E-state index >= 15 is 0 Å². The molecule has 2 heterocycles. The summed E-state index contributed by atoms with van der Waals surface area (Å²) < 4.78 is 0. The molecule has 0 unspecified atom stereocenters. The van der Waals surface area contributed by atoms with E-state index in [9.17, 15) is 0 Å². The van der Waals surface area contributed by atoms with Crippen molar-refractivity contribution in [3.63, 3.8) is 0 Å². The summed E-state index contributed by atoms with van der Waals surface area (Å²) in [6.45, 7) is 5.44. The van der Waals surface area contributed by atoms with Gasteiger partial charge in [-0.1, -0.05) is 24.3 Å². The van der Waals surface area contributed by atoms with Crippen LogP contribution in [0.2, 0.25) is 0 Å². The fourth-order valence-electron chi connectivity index (χ4n) is 3.07. The maximum absolute atomic E-state index is 4.62. The van der Waals surface area contributed by atoms with Crippen LogP contribution in [0, 0.1) is 0 Å². The van der Waals surface area contributed by atoms with Crippen LogP contribution in [-0.2, 0) is 0 Å². The van der Waals surface area contributed by atoms with E-state index in [-0.39, 0.29) is 0 Å². The van der Waals surface area contributed by atoms with E-state index < -0.39 is 0 Å². The van der Waals surface area contributed by atoms with E-state index in [4.69, 9.17) is 0 Å². The van der Waals surface area contributed by atoms with Gasteiger partial charge in [-0.3, -0.25) is 0 Å². The van der Waals surface area contributed by atoms with Crippen LogP contribution in [0.3, 0.4) is 0 Å². The molecule has 5 nitrogen and oxygen atoms in total. The molecular formula is C18H19N5. The zero-order valence-corrected chi connectivity index (χ0v) is 13.4. The van der Waals surface area contributed by atoms with Crippen molar-refractivity contribution >= 4 is 23.1 Å². The Bertz CT molecular complexity index is 744. The number of rotatable bonds is 4. The van der Waals surface area contributed by atoms with Gasteiger partial charge in [0.05, 0.1) is 35.9 Å². The number of aliphatic imine (C=N–C) groups is 4. The van der Waals surface area contributed by atoms with Crippen molar-refractivity contribution in [3.05, 3.63) is 46.8 Å². The number of nitrogens with one attached hydrogen (secondary N) is 1. The van der Waals surface area contributed by atoms with E-state index in [0.29, 0.717) is 13.1 Å². The average molecular weight is 305 g/mol. The highest BCUT2D eigenvalue weighted by atomic mass is 15.1. The lowest BCUT2D eigenvalue weighted by Gasteiger charge is -2.05. The average Bonchev–Trinajstić information content (AvgIpc) is 3.12. The molecule has 0 amide bonds. The SMILES string of the molecule is CC1=C2N=C(CNCC3=NC4=C(C)C=CCC4=N3)N=C2CC=C1. The summed E-state index contributed by atoms with van der Waals surface area (Å²) in [7, 11) is 0. The highest BCUT2D eigenvalue weighted by molar-refractivity contribution is 6.16. The molecule has 0 fully saturated rings. The Morgan fingerprint density at radius 2 is 1.26 bits per heavy atom. The van der Waals surface area contributed by atoms with Crippen molar-refractivity contribution < 1.29 is 0 Å². The number of nitrogens with zero attached hydrogens (tertiary/aromatic N) is 4. The highest BCUT2D eigenvalue weighted by Gasteiger charge is 2.21. The molecule has 116 valence electrons. The van der Waals surface area contributed by atoms with E-state index in [0.717, 1.165) is 47.3 Å². The van der Waals surface area contributed by atoms with Crippen molar-refractivity contribution in [1.29, 1.82) is 0 Å². The quantitative estimate of drug-likeness (QED) is 0.853.